The SMILES string of the molecule is Cc1ccc([C@]2(O)C[N+]3=C(SCCC3)N2Cc2ccccc2)cc1. The lowest BCUT2D eigenvalue weighted by molar-refractivity contribution is -0.532. The Morgan fingerprint density at radius 3 is 2.62 bits per heavy atom. The van der Waals surface area contributed by atoms with E-state index in [2.05, 4.69) is 64.9 Å². The first-order valence-corrected chi connectivity index (χ1v) is 9.51. The maximum absolute atomic E-state index is 11.7. The Kier molecular flexibility index (Phi) is 4.10. The van der Waals surface area contributed by atoms with Gasteiger partial charge in [0.15, 0.2) is 6.54 Å². The van der Waals surface area contributed by atoms with Gasteiger partial charge in [-0.25, -0.2) is 9.48 Å². The van der Waals surface area contributed by atoms with Crippen LogP contribution >= 0.6 is 11.8 Å². The predicted molar refractivity (Wildman–Crippen MR) is 99.1 cm³/mol. The van der Waals surface area contributed by atoms with Crippen LogP contribution < -0.4 is 0 Å². The largest absolute Gasteiger partial charge is 0.346 e. The Hall–Kier alpha value is -1.78. The van der Waals surface area contributed by atoms with E-state index in [4.69, 9.17) is 0 Å². The minimum atomic E-state index is -0.962. The quantitative estimate of drug-likeness (QED) is 0.870. The van der Waals surface area contributed by atoms with Crippen molar-refractivity contribution >= 4 is 16.9 Å². The zero-order valence-electron chi connectivity index (χ0n) is 14.0. The van der Waals surface area contributed by atoms with Crippen LogP contribution in [0.25, 0.3) is 0 Å². The molecule has 0 radical (unpaired) electrons. The van der Waals surface area contributed by atoms with E-state index < -0.39 is 5.72 Å². The average Bonchev–Trinajstić information content (AvgIpc) is 2.90. The molecule has 2 aliphatic heterocycles. The van der Waals surface area contributed by atoms with Gasteiger partial charge >= 0.3 is 5.17 Å². The molecule has 0 aliphatic carbocycles. The van der Waals surface area contributed by atoms with E-state index in [1.807, 2.05) is 17.8 Å². The Morgan fingerprint density at radius 1 is 1.12 bits per heavy atom. The molecule has 2 aliphatic rings. The van der Waals surface area contributed by atoms with E-state index in [9.17, 15) is 5.11 Å². The molecule has 2 aromatic carbocycles. The van der Waals surface area contributed by atoms with Crippen molar-refractivity contribution in [2.75, 3.05) is 18.8 Å². The summed E-state index contributed by atoms with van der Waals surface area (Å²) in [6.07, 6.45) is 1.18. The number of aliphatic hydroxyl groups is 1. The number of thioether (sulfide) groups is 1. The molecule has 1 atom stereocenters. The van der Waals surface area contributed by atoms with Gasteiger partial charge in [-0.1, -0.05) is 60.2 Å². The average molecular weight is 339 g/mol. The first-order valence-electron chi connectivity index (χ1n) is 8.53. The number of amidine groups is 1. The van der Waals surface area contributed by atoms with Gasteiger partial charge in [0.2, 0.25) is 0 Å². The molecule has 0 saturated heterocycles. The summed E-state index contributed by atoms with van der Waals surface area (Å²) < 4.78 is 2.34. The van der Waals surface area contributed by atoms with Gasteiger partial charge in [0, 0.05) is 11.3 Å². The number of aryl methyl sites for hydroxylation is 1. The molecule has 0 unspecified atom stereocenters. The van der Waals surface area contributed by atoms with Gasteiger partial charge in [0.05, 0.1) is 6.54 Å². The molecule has 1 N–H and O–H groups in total. The van der Waals surface area contributed by atoms with Gasteiger partial charge in [-0.15, -0.1) is 0 Å². The maximum Gasteiger partial charge on any atom is 0.311 e. The summed E-state index contributed by atoms with van der Waals surface area (Å²) in [7, 11) is 0. The summed E-state index contributed by atoms with van der Waals surface area (Å²) in [5.74, 6) is 1.13. The molecular weight excluding hydrogens is 316 g/mol. The van der Waals surface area contributed by atoms with Gasteiger partial charge in [-0.3, -0.25) is 0 Å². The first kappa shape index (κ1) is 15.7. The summed E-state index contributed by atoms with van der Waals surface area (Å²) in [6.45, 7) is 4.48. The van der Waals surface area contributed by atoms with Gasteiger partial charge < -0.3 is 5.11 Å². The fraction of sp³-hybridized carbons (Fsp3) is 0.350. The van der Waals surface area contributed by atoms with Crippen molar-refractivity contribution in [1.29, 1.82) is 0 Å². The number of rotatable bonds is 3. The number of nitrogens with zero attached hydrogens (tertiary/aromatic N) is 2. The molecule has 24 heavy (non-hydrogen) atoms. The third kappa shape index (κ3) is 2.74. The zero-order chi connectivity index (χ0) is 16.6. The lowest BCUT2D eigenvalue weighted by Gasteiger charge is -2.29. The smallest absolute Gasteiger partial charge is 0.311 e. The van der Waals surface area contributed by atoms with Gasteiger partial charge in [0.25, 0.3) is 5.72 Å². The highest BCUT2D eigenvalue weighted by molar-refractivity contribution is 8.13. The number of hydrogen-bond acceptors (Lipinski definition) is 3. The van der Waals surface area contributed by atoms with Crippen LogP contribution in [0.3, 0.4) is 0 Å². The van der Waals surface area contributed by atoms with Crippen molar-refractivity contribution < 1.29 is 9.68 Å². The Labute approximate surface area is 147 Å². The van der Waals surface area contributed by atoms with Crippen LogP contribution in [0.15, 0.2) is 54.6 Å². The molecule has 2 heterocycles. The van der Waals surface area contributed by atoms with E-state index >= 15 is 0 Å². The van der Waals surface area contributed by atoms with Gasteiger partial charge in [0.1, 0.15) is 6.54 Å². The van der Waals surface area contributed by atoms with Crippen molar-refractivity contribution in [3.05, 3.63) is 71.3 Å². The summed E-state index contributed by atoms with van der Waals surface area (Å²) in [5.41, 5.74) is 2.46. The number of hydrogen-bond donors (Lipinski definition) is 1. The highest BCUT2D eigenvalue weighted by atomic mass is 32.2. The Balaban J connectivity index is 1.73. The van der Waals surface area contributed by atoms with Crippen molar-refractivity contribution in [1.82, 2.24) is 4.90 Å². The third-order valence-electron chi connectivity index (χ3n) is 4.86. The Morgan fingerprint density at radius 2 is 1.88 bits per heavy atom. The topological polar surface area (TPSA) is 26.5 Å². The highest BCUT2D eigenvalue weighted by Crippen LogP contribution is 2.37. The molecule has 0 bridgehead atoms. The molecule has 124 valence electrons. The second kappa shape index (κ2) is 6.26. The second-order valence-electron chi connectivity index (χ2n) is 6.66. The first-order chi connectivity index (χ1) is 11.7. The van der Waals surface area contributed by atoms with E-state index in [-0.39, 0.29) is 0 Å². The van der Waals surface area contributed by atoms with Crippen LogP contribution in [-0.2, 0) is 12.3 Å². The molecular formula is C20H23N2OS+. The van der Waals surface area contributed by atoms with Crippen molar-refractivity contribution in [3.63, 3.8) is 0 Å². The van der Waals surface area contributed by atoms with E-state index in [0.29, 0.717) is 6.54 Å². The van der Waals surface area contributed by atoms with Crippen LogP contribution in [0.1, 0.15) is 23.1 Å². The van der Waals surface area contributed by atoms with Crippen molar-refractivity contribution in [3.8, 4) is 0 Å². The molecule has 2 aromatic rings. The zero-order valence-corrected chi connectivity index (χ0v) is 14.8. The molecule has 3 nitrogen and oxygen atoms in total. The molecule has 0 fully saturated rings. The maximum atomic E-state index is 11.7. The summed E-state index contributed by atoms with van der Waals surface area (Å²) >= 11 is 1.87. The summed E-state index contributed by atoms with van der Waals surface area (Å²) in [5, 5.41) is 12.9. The molecule has 0 aromatic heterocycles. The third-order valence-corrected chi connectivity index (χ3v) is 6.09. The highest BCUT2D eigenvalue weighted by Gasteiger charge is 2.53. The van der Waals surface area contributed by atoms with Gasteiger partial charge in [-0.05, 0) is 30.7 Å². The van der Waals surface area contributed by atoms with E-state index in [1.165, 1.54) is 22.7 Å². The van der Waals surface area contributed by atoms with Crippen LogP contribution in [0, 0.1) is 6.92 Å². The van der Waals surface area contributed by atoms with Crippen LogP contribution in [0.4, 0.5) is 0 Å². The monoisotopic (exact) mass is 339 g/mol. The summed E-state index contributed by atoms with van der Waals surface area (Å²) in [6, 6.07) is 18.7. The normalized spacial score (nSPS) is 23.5. The molecule has 4 rings (SSSR count). The minimum Gasteiger partial charge on any atom is -0.346 e. The minimum absolute atomic E-state index is 0.644. The molecule has 4 heteroatoms. The molecule has 0 spiro atoms. The van der Waals surface area contributed by atoms with Crippen molar-refractivity contribution in [2.45, 2.75) is 25.6 Å². The fourth-order valence-corrected chi connectivity index (χ4v) is 4.71. The lowest BCUT2D eigenvalue weighted by Crippen LogP contribution is -2.45. The van der Waals surface area contributed by atoms with Crippen LogP contribution in [0.5, 0.6) is 0 Å². The Bertz CT molecular complexity index is 757. The second-order valence-corrected chi connectivity index (χ2v) is 7.72. The van der Waals surface area contributed by atoms with E-state index in [0.717, 1.165) is 24.4 Å². The molecule has 0 amide bonds. The van der Waals surface area contributed by atoms with Crippen molar-refractivity contribution in [2.24, 2.45) is 0 Å². The number of benzene rings is 2. The fourth-order valence-electron chi connectivity index (χ4n) is 3.54. The van der Waals surface area contributed by atoms with Crippen LogP contribution in [-0.4, -0.2) is 38.6 Å². The standard InChI is InChI=1S/C20H23N2OS/c1-16-8-10-18(11-9-16)20(23)15-21-12-5-13-24-19(21)22(20)14-17-6-3-2-4-7-17/h2-4,6-11,23H,5,12-15H2,1H3/q+1/t20-/m1/s1. The summed E-state index contributed by atoms with van der Waals surface area (Å²) in [4.78, 5) is 2.19. The molecule has 0 saturated carbocycles. The van der Waals surface area contributed by atoms with Crippen LogP contribution in [0.2, 0.25) is 0 Å². The predicted octanol–water partition coefficient (Wildman–Crippen LogP) is 3.16. The van der Waals surface area contributed by atoms with E-state index in [1.54, 1.807) is 0 Å². The van der Waals surface area contributed by atoms with Gasteiger partial charge in [-0.2, -0.15) is 0 Å². The lowest BCUT2D eigenvalue weighted by atomic mass is 10.00.